The van der Waals surface area contributed by atoms with E-state index in [0.29, 0.717) is 19.6 Å². The van der Waals surface area contributed by atoms with Gasteiger partial charge in [0.1, 0.15) is 0 Å². The molecule has 108 valence electrons. The van der Waals surface area contributed by atoms with Crippen LogP contribution in [-0.4, -0.2) is 43.9 Å². The topological polar surface area (TPSA) is 41.9 Å². The number of halogens is 1. The van der Waals surface area contributed by atoms with Crippen LogP contribution < -0.4 is 21.9 Å². The van der Waals surface area contributed by atoms with Gasteiger partial charge in [0.05, 0.1) is 19.3 Å². The van der Waals surface area contributed by atoms with E-state index < -0.39 is 6.10 Å². The number of benzene rings is 1. The molecule has 1 N–H and O–H groups in total. The zero-order chi connectivity index (χ0) is 13.0. The maximum Gasteiger partial charge on any atom is 0.161 e. The number of ether oxygens (including phenoxy) is 2. The third kappa shape index (κ3) is 4.56. The van der Waals surface area contributed by atoms with Crippen molar-refractivity contribution >= 4 is 0 Å². The molecule has 1 aromatic rings. The van der Waals surface area contributed by atoms with Crippen LogP contribution in [0.1, 0.15) is 24.5 Å². The zero-order valence-electron chi connectivity index (χ0n) is 11.4. The lowest BCUT2D eigenvalue weighted by molar-refractivity contribution is -0.00000647. The monoisotopic (exact) mass is 286 g/mol. The lowest BCUT2D eigenvalue weighted by Crippen LogP contribution is -3.00. The van der Waals surface area contributed by atoms with Gasteiger partial charge < -0.3 is 31.9 Å². The molecule has 0 bridgehead atoms. The van der Waals surface area contributed by atoms with Gasteiger partial charge in [0.2, 0.25) is 0 Å². The maximum atomic E-state index is 10.1. The summed E-state index contributed by atoms with van der Waals surface area (Å²) < 4.78 is 11.2. The molecule has 0 aromatic heterocycles. The molecule has 0 saturated carbocycles. The fraction of sp³-hybridized carbons (Fsp3) is 0.571. The summed E-state index contributed by atoms with van der Waals surface area (Å²) in [6.45, 7) is 2.22. The highest BCUT2D eigenvalue weighted by Crippen LogP contribution is 2.32. The van der Waals surface area contributed by atoms with Crippen LogP contribution >= 0.6 is 0 Å². The Morgan fingerprint density at radius 2 is 1.89 bits per heavy atom. The zero-order valence-corrected chi connectivity index (χ0v) is 12.2. The van der Waals surface area contributed by atoms with E-state index >= 15 is 0 Å². The van der Waals surface area contributed by atoms with Crippen LogP contribution in [-0.2, 0) is 0 Å². The number of hydrogen-bond acceptors (Lipinski definition) is 4. The molecule has 0 saturated heterocycles. The second-order valence-corrected chi connectivity index (χ2v) is 4.86. The molecule has 0 amide bonds. The number of aliphatic hydroxyl groups excluding tert-OH is 1. The molecule has 1 aliphatic heterocycles. The number of fused-ring (bicyclic) bond motifs is 1. The number of aliphatic hydroxyl groups is 1. The standard InChI is InChI=1S/C14H21NO3.ClH/c1-15(2)7-6-12(16)11-4-5-13-14(10-11)18-9-3-8-17-13;/h4-5,10,12,16H,3,6-9H2,1-2H3;1H/p-1. The van der Waals surface area contributed by atoms with Crippen LogP contribution in [0, 0.1) is 0 Å². The number of rotatable bonds is 4. The Balaban J connectivity index is 0.00000180. The number of hydrogen-bond donors (Lipinski definition) is 1. The third-order valence-electron chi connectivity index (χ3n) is 3.01. The Hall–Kier alpha value is -0.970. The summed E-state index contributed by atoms with van der Waals surface area (Å²) in [5.74, 6) is 1.52. The first-order valence-corrected chi connectivity index (χ1v) is 6.39. The SMILES string of the molecule is CN(C)CCC(O)c1ccc2c(c1)OCCCO2.[Cl-]. The Bertz CT molecular complexity index is 398. The van der Waals surface area contributed by atoms with Crippen molar-refractivity contribution in [2.24, 2.45) is 0 Å². The summed E-state index contributed by atoms with van der Waals surface area (Å²) in [6.07, 6.45) is 1.16. The van der Waals surface area contributed by atoms with E-state index in [1.165, 1.54) is 0 Å². The minimum absolute atomic E-state index is 0. The van der Waals surface area contributed by atoms with Crippen molar-refractivity contribution in [3.63, 3.8) is 0 Å². The molecule has 1 unspecified atom stereocenters. The van der Waals surface area contributed by atoms with E-state index in [-0.39, 0.29) is 12.4 Å². The highest BCUT2D eigenvalue weighted by atomic mass is 35.5. The molecule has 4 nitrogen and oxygen atoms in total. The van der Waals surface area contributed by atoms with Gasteiger partial charge in [0, 0.05) is 13.0 Å². The highest BCUT2D eigenvalue weighted by Gasteiger charge is 2.14. The Kier molecular flexibility index (Phi) is 6.42. The molecule has 0 spiro atoms. The third-order valence-corrected chi connectivity index (χ3v) is 3.01. The van der Waals surface area contributed by atoms with Crippen molar-refractivity contribution in [3.8, 4) is 11.5 Å². The predicted octanol–water partition coefficient (Wildman–Crippen LogP) is -1.16. The molecular formula is C14H21ClNO3-. The van der Waals surface area contributed by atoms with Crippen LogP contribution in [0.15, 0.2) is 18.2 Å². The average molecular weight is 287 g/mol. The molecule has 1 heterocycles. The lowest BCUT2D eigenvalue weighted by atomic mass is 10.1. The summed E-state index contributed by atoms with van der Waals surface area (Å²) >= 11 is 0. The van der Waals surface area contributed by atoms with Gasteiger partial charge in [-0.3, -0.25) is 0 Å². The summed E-state index contributed by atoms with van der Waals surface area (Å²) in [5, 5.41) is 10.1. The second-order valence-electron chi connectivity index (χ2n) is 4.86. The van der Waals surface area contributed by atoms with Crippen LogP contribution in [0.5, 0.6) is 11.5 Å². The molecule has 1 aromatic carbocycles. The van der Waals surface area contributed by atoms with Gasteiger partial charge in [-0.15, -0.1) is 0 Å². The van der Waals surface area contributed by atoms with E-state index in [1.807, 2.05) is 32.3 Å². The normalized spacial score (nSPS) is 15.6. The van der Waals surface area contributed by atoms with E-state index in [9.17, 15) is 5.11 Å². The molecule has 1 atom stereocenters. The van der Waals surface area contributed by atoms with Crippen molar-refractivity contribution in [2.75, 3.05) is 33.9 Å². The predicted molar refractivity (Wildman–Crippen MR) is 70.2 cm³/mol. The van der Waals surface area contributed by atoms with Crippen molar-refractivity contribution < 1.29 is 27.0 Å². The van der Waals surface area contributed by atoms with Crippen LogP contribution in [0.3, 0.4) is 0 Å². The largest absolute Gasteiger partial charge is 1.00 e. The van der Waals surface area contributed by atoms with E-state index in [2.05, 4.69) is 4.90 Å². The highest BCUT2D eigenvalue weighted by molar-refractivity contribution is 5.44. The average Bonchev–Trinajstić information content (AvgIpc) is 2.60. The molecule has 1 aliphatic rings. The summed E-state index contributed by atoms with van der Waals surface area (Å²) in [6, 6.07) is 5.68. The summed E-state index contributed by atoms with van der Waals surface area (Å²) in [4.78, 5) is 2.06. The van der Waals surface area contributed by atoms with Gasteiger partial charge in [-0.25, -0.2) is 0 Å². The number of nitrogens with zero attached hydrogens (tertiary/aromatic N) is 1. The van der Waals surface area contributed by atoms with Crippen molar-refractivity contribution in [2.45, 2.75) is 18.9 Å². The lowest BCUT2D eigenvalue weighted by Gasteiger charge is -2.16. The van der Waals surface area contributed by atoms with Crippen molar-refractivity contribution in [1.82, 2.24) is 4.90 Å². The van der Waals surface area contributed by atoms with Gasteiger partial charge in [-0.05, 0) is 38.2 Å². The minimum atomic E-state index is -0.454. The van der Waals surface area contributed by atoms with Gasteiger partial charge in [0.15, 0.2) is 11.5 Å². The van der Waals surface area contributed by atoms with Crippen molar-refractivity contribution in [3.05, 3.63) is 23.8 Å². The fourth-order valence-corrected chi connectivity index (χ4v) is 1.93. The molecule has 0 radical (unpaired) electrons. The molecule has 5 heteroatoms. The van der Waals surface area contributed by atoms with E-state index in [4.69, 9.17) is 9.47 Å². The van der Waals surface area contributed by atoms with Crippen molar-refractivity contribution in [1.29, 1.82) is 0 Å². The summed E-state index contributed by atoms with van der Waals surface area (Å²) in [7, 11) is 4.00. The van der Waals surface area contributed by atoms with Gasteiger partial charge in [-0.1, -0.05) is 6.07 Å². The molecule has 0 aliphatic carbocycles. The van der Waals surface area contributed by atoms with Crippen LogP contribution in [0.2, 0.25) is 0 Å². The molecule has 0 fully saturated rings. The minimum Gasteiger partial charge on any atom is -1.00 e. The maximum absolute atomic E-state index is 10.1. The van der Waals surface area contributed by atoms with Gasteiger partial charge in [0.25, 0.3) is 0 Å². The molecular weight excluding hydrogens is 266 g/mol. The molecule has 19 heavy (non-hydrogen) atoms. The van der Waals surface area contributed by atoms with Crippen LogP contribution in [0.4, 0.5) is 0 Å². The fourth-order valence-electron chi connectivity index (χ4n) is 1.93. The second kappa shape index (κ2) is 7.58. The smallest absolute Gasteiger partial charge is 0.161 e. The first-order valence-electron chi connectivity index (χ1n) is 6.39. The van der Waals surface area contributed by atoms with E-state index in [1.54, 1.807) is 0 Å². The first-order chi connectivity index (χ1) is 8.66. The van der Waals surface area contributed by atoms with Crippen LogP contribution in [0.25, 0.3) is 0 Å². The Morgan fingerprint density at radius 1 is 1.21 bits per heavy atom. The van der Waals surface area contributed by atoms with Gasteiger partial charge in [-0.2, -0.15) is 0 Å². The Morgan fingerprint density at radius 3 is 2.58 bits per heavy atom. The first kappa shape index (κ1) is 16.1. The van der Waals surface area contributed by atoms with E-state index in [0.717, 1.165) is 30.0 Å². The van der Waals surface area contributed by atoms with Gasteiger partial charge >= 0.3 is 0 Å². The Labute approximate surface area is 120 Å². The quantitative estimate of drug-likeness (QED) is 0.758. The molecule has 2 rings (SSSR count). The summed E-state index contributed by atoms with van der Waals surface area (Å²) in [5.41, 5.74) is 0.890.